The van der Waals surface area contributed by atoms with E-state index in [0.717, 1.165) is 44.1 Å². The first-order valence-electron chi connectivity index (χ1n) is 6.80. The van der Waals surface area contributed by atoms with Gasteiger partial charge >= 0.3 is 0 Å². The van der Waals surface area contributed by atoms with Gasteiger partial charge in [-0.3, -0.25) is 0 Å². The number of nitrogens with one attached hydrogen (secondary N) is 2. The van der Waals surface area contributed by atoms with Gasteiger partial charge in [0.05, 0.1) is 6.61 Å². The Labute approximate surface area is 114 Å². The number of hydrogen-bond donors (Lipinski definition) is 2. The van der Waals surface area contributed by atoms with Crippen molar-refractivity contribution >= 4 is 11.6 Å². The van der Waals surface area contributed by atoms with Crippen molar-refractivity contribution in [1.82, 2.24) is 15.3 Å². The molecule has 0 aliphatic carbocycles. The summed E-state index contributed by atoms with van der Waals surface area (Å²) in [6, 6.07) is 2.65. The summed E-state index contributed by atoms with van der Waals surface area (Å²) in [5.41, 5.74) is 0. The Morgan fingerprint density at radius 1 is 1.37 bits per heavy atom. The minimum absolute atomic E-state index is 0.636. The lowest BCUT2D eigenvalue weighted by atomic mass is 10.1. The van der Waals surface area contributed by atoms with Crippen LogP contribution in [0.5, 0.6) is 0 Å². The van der Waals surface area contributed by atoms with Crippen molar-refractivity contribution < 1.29 is 4.74 Å². The summed E-state index contributed by atoms with van der Waals surface area (Å²) in [5, 5.41) is 6.57. The fraction of sp³-hybridized carbons (Fsp3) is 0.692. The highest BCUT2D eigenvalue weighted by atomic mass is 16.5. The topological polar surface area (TPSA) is 62.3 Å². The number of ether oxygens (including phenoxy) is 1. The molecular formula is C13H23N5O. The zero-order valence-corrected chi connectivity index (χ0v) is 11.7. The molecule has 1 fully saturated rings. The molecule has 1 aliphatic rings. The van der Waals surface area contributed by atoms with E-state index in [-0.39, 0.29) is 0 Å². The molecule has 0 radical (unpaired) electrons. The van der Waals surface area contributed by atoms with E-state index in [1.165, 1.54) is 0 Å². The lowest BCUT2D eigenvalue weighted by molar-refractivity contribution is 0.210. The molecule has 2 heterocycles. The maximum absolute atomic E-state index is 5.01. The zero-order valence-electron chi connectivity index (χ0n) is 11.7. The highest BCUT2D eigenvalue weighted by Crippen LogP contribution is 2.19. The quantitative estimate of drug-likeness (QED) is 0.739. The average Bonchev–Trinajstić information content (AvgIpc) is 2.48. The second-order valence-corrected chi connectivity index (χ2v) is 4.73. The number of rotatable bonds is 6. The highest BCUT2D eigenvalue weighted by molar-refractivity contribution is 5.48. The summed E-state index contributed by atoms with van der Waals surface area (Å²) < 4.78 is 5.01. The molecule has 1 saturated heterocycles. The third-order valence-corrected chi connectivity index (χ3v) is 3.49. The summed E-state index contributed by atoms with van der Waals surface area (Å²) in [6.45, 7) is 3.52. The fourth-order valence-electron chi connectivity index (χ4n) is 2.30. The fourth-order valence-corrected chi connectivity index (χ4v) is 2.30. The van der Waals surface area contributed by atoms with E-state index in [9.17, 15) is 0 Å². The molecule has 1 aliphatic heterocycles. The maximum atomic E-state index is 5.01. The van der Waals surface area contributed by atoms with Crippen LogP contribution in [0.3, 0.4) is 0 Å². The lowest BCUT2D eigenvalue weighted by Gasteiger charge is -2.32. The van der Waals surface area contributed by atoms with Gasteiger partial charge < -0.3 is 20.3 Å². The first kappa shape index (κ1) is 14.0. The molecule has 0 unspecified atom stereocenters. The molecule has 0 saturated carbocycles. The van der Waals surface area contributed by atoms with Crippen LogP contribution in [0, 0.1) is 0 Å². The Morgan fingerprint density at radius 2 is 2.16 bits per heavy atom. The third kappa shape index (κ3) is 4.04. The van der Waals surface area contributed by atoms with Gasteiger partial charge in [-0.05, 0) is 19.9 Å². The normalized spacial score (nSPS) is 16.6. The number of hydrogen-bond acceptors (Lipinski definition) is 6. The van der Waals surface area contributed by atoms with E-state index < -0.39 is 0 Å². The van der Waals surface area contributed by atoms with Gasteiger partial charge in [0, 0.05) is 38.9 Å². The van der Waals surface area contributed by atoms with Crippen LogP contribution in [0.1, 0.15) is 12.8 Å². The van der Waals surface area contributed by atoms with Crippen LogP contribution >= 0.6 is 0 Å². The molecule has 0 bridgehead atoms. The SMILES string of the molecule is CNC1CCN(c2cc(NCCOC)ncn2)CC1. The highest BCUT2D eigenvalue weighted by Gasteiger charge is 2.18. The average molecular weight is 265 g/mol. The number of anilines is 2. The van der Waals surface area contributed by atoms with E-state index >= 15 is 0 Å². The van der Waals surface area contributed by atoms with Crippen LogP contribution < -0.4 is 15.5 Å². The predicted molar refractivity (Wildman–Crippen MR) is 76.7 cm³/mol. The monoisotopic (exact) mass is 265 g/mol. The zero-order chi connectivity index (χ0) is 13.5. The smallest absolute Gasteiger partial charge is 0.134 e. The lowest BCUT2D eigenvalue weighted by Crippen LogP contribution is -2.41. The Kier molecular flexibility index (Phi) is 5.35. The number of aromatic nitrogens is 2. The van der Waals surface area contributed by atoms with E-state index in [1.807, 2.05) is 13.1 Å². The van der Waals surface area contributed by atoms with Crippen LogP contribution in [0.4, 0.5) is 11.6 Å². The molecule has 0 spiro atoms. The molecule has 2 rings (SSSR count). The van der Waals surface area contributed by atoms with E-state index in [0.29, 0.717) is 12.6 Å². The van der Waals surface area contributed by atoms with E-state index in [1.54, 1.807) is 13.4 Å². The van der Waals surface area contributed by atoms with E-state index in [2.05, 4.69) is 25.5 Å². The Morgan fingerprint density at radius 3 is 2.84 bits per heavy atom. The maximum Gasteiger partial charge on any atom is 0.134 e. The minimum Gasteiger partial charge on any atom is -0.383 e. The molecular weight excluding hydrogens is 242 g/mol. The summed E-state index contributed by atoms with van der Waals surface area (Å²) >= 11 is 0. The Hall–Kier alpha value is -1.40. The molecule has 1 aromatic rings. The predicted octanol–water partition coefficient (Wildman–Crippen LogP) is 0.723. The molecule has 19 heavy (non-hydrogen) atoms. The van der Waals surface area contributed by atoms with Crippen molar-refractivity contribution in [3.05, 3.63) is 12.4 Å². The van der Waals surface area contributed by atoms with Crippen molar-refractivity contribution in [2.24, 2.45) is 0 Å². The van der Waals surface area contributed by atoms with Crippen LogP contribution in [0.25, 0.3) is 0 Å². The molecule has 106 valence electrons. The van der Waals surface area contributed by atoms with Gasteiger partial charge in [-0.2, -0.15) is 0 Å². The number of nitrogens with zero attached hydrogens (tertiary/aromatic N) is 3. The van der Waals surface area contributed by atoms with Crippen molar-refractivity contribution in [3.8, 4) is 0 Å². The summed E-state index contributed by atoms with van der Waals surface area (Å²) in [4.78, 5) is 10.9. The van der Waals surface area contributed by atoms with Gasteiger partial charge in [-0.25, -0.2) is 9.97 Å². The van der Waals surface area contributed by atoms with Crippen molar-refractivity contribution in [2.45, 2.75) is 18.9 Å². The van der Waals surface area contributed by atoms with E-state index in [4.69, 9.17) is 4.74 Å². The largest absolute Gasteiger partial charge is 0.383 e. The number of piperidine rings is 1. The first-order valence-corrected chi connectivity index (χ1v) is 6.80. The minimum atomic E-state index is 0.636. The van der Waals surface area contributed by atoms with Crippen LogP contribution in [0.15, 0.2) is 12.4 Å². The van der Waals surface area contributed by atoms with Crippen molar-refractivity contribution in [3.63, 3.8) is 0 Å². The van der Waals surface area contributed by atoms with Crippen LogP contribution in [-0.4, -0.2) is 56.4 Å². The molecule has 1 aromatic heterocycles. The van der Waals surface area contributed by atoms with Crippen molar-refractivity contribution in [1.29, 1.82) is 0 Å². The number of methoxy groups -OCH3 is 1. The van der Waals surface area contributed by atoms with Gasteiger partial charge in [0.2, 0.25) is 0 Å². The molecule has 6 nitrogen and oxygen atoms in total. The summed E-state index contributed by atoms with van der Waals surface area (Å²) in [5.74, 6) is 1.86. The Bertz CT molecular complexity index is 379. The second kappa shape index (κ2) is 7.25. The van der Waals surface area contributed by atoms with Crippen LogP contribution in [0.2, 0.25) is 0 Å². The second-order valence-electron chi connectivity index (χ2n) is 4.73. The van der Waals surface area contributed by atoms with Gasteiger partial charge in [-0.1, -0.05) is 0 Å². The third-order valence-electron chi connectivity index (χ3n) is 3.49. The van der Waals surface area contributed by atoms with Gasteiger partial charge in [-0.15, -0.1) is 0 Å². The van der Waals surface area contributed by atoms with Crippen molar-refractivity contribution in [2.75, 3.05) is 50.6 Å². The first-order chi connectivity index (χ1) is 9.33. The van der Waals surface area contributed by atoms with Gasteiger partial charge in [0.1, 0.15) is 18.0 Å². The molecule has 0 amide bonds. The molecule has 6 heteroatoms. The standard InChI is InChI=1S/C13H23N5O/c1-14-11-3-6-18(7-4-11)13-9-12(16-10-17-13)15-5-8-19-2/h9-11,14H,3-8H2,1-2H3,(H,15,16,17). The summed E-state index contributed by atoms with van der Waals surface area (Å²) in [7, 11) is 3.72. The Balaban J connectivity index is 1.91. The molecule has 0 atom stereocenters. The van der Waals surface area contributed by atoms with Crippen LogP contribution in [-0.2, 0) is 4.74 Å². The molecule has 2 N–H and O–H groups in total. The molecule has 0 aromatic carbocycles. The van der Waals surface area contributed by atoms with Gasteiger partial charge in [0.25, 0.3) is 0 Å². The summed E-state index contributed by atoms with van der Waals surface area (Å²) in [6.07, 6.45) is 3.94. The van der Waals surface area contributed by atoms with Gasteiger partial charge in [0.15, 0.2) is 0 Å².